The lowest BCUT2D eigenvalue weighted by Crippen LogP contribution is -2.35. The fraction of sp³-hybridized carbons (Fsp3) is 0.409. The monoisotopic (exact) mass is 449 g/mol. The Bertz CT molecular complexity index is 939. The standard InChI is InChI=1S/C22H28ClN3O3S/c1-17-11-15-26(16-12-17)14-2-13-24-22(27)18-3-9-21(10-4-18)30(28,29)25-20-7-5-19(23)6-8-20/h3-10,17,25H,2,11-16H2,1H3,(H,24,27). The molecule has 0 unspecified atom stereocenters. The van der Waals surface area contributed by atoms with Gasteiger partial charge in [-0.2, -0.15) is 0 Å². The fourth-order valence-electron chi connectivity index (χ4n) is 3.41. The van der Waals surface area contributed by atoms with Crippen LogP contribution in [0.25, 0.3) is 0 Å². The lowest BCUT2D eigenvalue weighted by Gasteiger charge is -2.30. The summed E-state index contributed by atoms with van der Waals surface area (Å²) in [5.74, 6) is 0.617. The Labute approximate surface area is 183 Å². The van der Waals surface area contributed by atoms with E-state index < -0.39 is 10.0 Å². The van der Waals surface area contributed by atoms with Gasteiger partial charge in [0.1, 0.15) is 0 Å². The summed E-state index contributed by atoms with van der Waals surface area (Å²) in [6.07, 6.45) is 3.39. The van der Waals surface area contributed by atoms with Crippen molar-refractivity contribution in [1.29, 1.82) is 0 Å². The molecule has 0 atom stereocenters. The Hall–Kier alpha value is -2.09. The minimum atomic E-state index is -3.74. The number of hydrogen-bond donors (Lipinski definition) is 2. The highest BCUT2D eigenvalue weighted by Gasteiger charge is 2.16. The summed E-state index contributed by atoms with van der Waals surface area (Å²) in [4.78, 5) is 14.9. The molecule has 6 nitrogen and oxygen atoms in total. The average molecular weight is 450 g/mol. The number of hydrogen-bond acceptors (Lipinski definition) is 4. The molecule has 2 N–H and O–H groups in total. The third kappa shape index (κ3) is 6.45. The van der Waals surface area contributed by atoms with E-state index in [9.17, 15) is 13.2 Å². The van der Waals surface area contributed by atoms with Gasteiger partial charge < -0.3 is 10.2 Å². The van der Waals surface area contributed by atoms with Gasteiger partial charge in [0.15, 0.2) is 0 Å². The zero-order valence-electron chi connectivity index (χ0n) is 17.1. The number of carbonyl (C=O) groups is 1. The minimum absolute atomic E-state index is 0.0910. The summed E-state index contributed by atoms with van der Waals surface area (Å²) in [5, 5.41) is 3.43. The molecule has 0 spiro atoms. The van der Waals surface area contributed by atoms with Crippen LogP contribution in [0.4, 0.5) is 5.69 Å². The van der Waals surface area contributed by atoms with Crippen molar-refractivity contribution < 1.29 is 13.2 Å². The second-order valence-corrected chi connectivity index (χ2v) is 9.89. The molecule has 0 aromatic heterocycles. The predicted molar refractivity (Wildman–Crippen MR) is 120 cm³/mol. The highest BCUT2D eigenvalue weighted by Crippen LogP contribution is 2.19. The molecule has 1 saturated heterocycles. The number of nitrogens with zero attached hydrogens (tertiary/aromatic N) is 1. The van der Waals surface area contributed by atoms with Crippen LogP contribution in [0.3, 0.4) is 0 Å². The van der Waals surface area contributed by atoms with Gasteiger partial charge in [-0.25, -0.2) is 8.42 Å². The molecule has 1 heterocycles. The molecular formula is C22H28ClN3O3S. The molecule has 2 aromatic carbocycles. The van der Waals surface area contributed by atoms with Gasteiger partial charge in [-0.1, -0.05) is 18.5 Å². The first kappa shape index (κ1) is 22.6. The van der Waals surface area contributed by atoms with Gasteiger partial charge in [-0.3, -0.25) is 9.52 Å². The molecule has 0 aliphatic carbocycles. The Balaban J connectivity index is 1.48. The molecule has 1 amide bonds. The normalized spacial score (nSPS) is 15.7. The number of nitrogens with one attached hydrogen (secondary N) is 2. The van der Waals surface area contributed by atoms with Gasteiger partial charge in [0.2, 0.25) is 0 Å². The van der Waals surface area contributed by atoms with E-state index in [0.717, 1.165) is 32.0 Å². The first-order chi connectivity index (χ1) is 14.3. The van der Waals surface area contributed by atoms with E-state index in [1.165, 1.54) is 37.1 Å². The molecular weight excluding hydrogens is 422 g/mol. The molecule has 0 saturated carbocycles. The predicted octanol–water partition coefficient (Wildman–Crippen LogP) is 3.99. The van der Waals surface area contributed by atoms with Crippen LogP contribution < -0.4 is 10.0 Å². The Morgan fingerprint density at radius 1 is 1.07 bits per heavy atom. The number of benzene rings is 2. The number of sulfonamides is 1. The van der Waals surface area contributed by atoms with E-state index in [1.54, 1.807) is 24.3 Å². The molecule has 1 aliphatic rings. The van der Waals surface area contributed by atoms with Gasteiger partial charge in [0.25, 0.3) is 15.9 Å². The van der Waals surface area contributed by atoms with Crippen LogP contribution in [0.15, 0.2) is 53.4 Å². The van der Waals surface area contributed by atoms with E-state index >= 15 is 0 Å². The zero-order valence-corrected chi connectivity index (χ0v) is 18.7. The number of amides is 1. The Kier molecular flexibility index (Phi) is 7.75. The Morgan fingerprint density at radius 2 is 1.70 bits per heavy atom. The molecule has 3 rings (SSSR count). The molecule has 0 bridgehead atoms. The van der Waals surface area contributed by atoms with E-state index in [4.69, 9.17) is 11.6 Å². The summed E-state index contributed by atoms with van der Waals surface area (Å²) in [6.45, 7) is 6.15. The lowest BCUT2D eigenvalue weighted by molar-refractivity contribution is 0.0950. The second-order valence-electron chi connectivity index (χ2n) is 7.77. The third-order valence-corrected chi connectivity index (χ3v) is 6.99. The van der Waals surface area contributed by atoms with Gasteiger partial charge in [0.05, 0.1) is 4.90 Å². The van der Waals surface area contributed by atoms with Crippen LogP contribution in [-0.2, 0) is 10.0 Å². The van der Waals surface area contributed by atoms with E-state index in [-0.39, 0.29) is 10.8 Å². The van der Waals surface area contributed by atoms with Crippen molar-refractivity contribution in [3.05, 3.63) is 59.1 Å². The first-order valence-electron chi connectivity index (χ1n) is 10.2. The van der Waals surface area contributed by atoms with Crippen molar-refractivity contribution in [2.75, 3.05) is 30.9 Å². The quantitative estimate of drug-likeness (QED) is 0.597. The molecule has 1 fully saturated rings. The maximum absolute atomic E-state index is 12.5. The minimum Gasteiger partial charge on any atom is -0.352 e. The molecule has 0 radical (unpaired) electrons. The van der Waals surface area contributed by atoms with Crippen molar-refractivity contribution in [3.8, 4) is 0 Å². The number of carbonyl (C=O) groups excluding carboxylic acids is 1. The van der Waals surface area contributed by atoms with Crippen LogP contribution in [0, 0.1) is 5.92 Å². The summed E-state index contributed by atoms with van der Waals surface area (Å²) in [7, 11) is -3.74. The van der Waals surface area contributed by atoms with E-state index in [0.29, 0.717) is 22.8 Å². The first-order valence-corrected chi connectivity index (χ1v) is 12.1. The smallest absolute Gasteiger partial charge is 0.261 e. The number of anilines is 1. The second kappa shape index (κ2) is 10.3. The summed E-state index contributed by atoms with van der Waals surface area (Å²) in [5.41, 5.74) is 0.858. The molecule has 162 valence electrons. The highest BCUT2D eigenvalue weighted by molar-refractivity contribution is 7.92. The van der Waals surface area contributed by atoms with Crippen molar-refractivity contribution >= 4 is 33.2 Å². The third-order valence-electron chi connectivity index (χ3n) is 5.34. The van der Waals surface area contributed by atoms with Crippen LogP contribution in [0.2, 0.25) is 5.02 Å². The largest absolute Gasteiger partial charge is 0.352 e. The highest BCUT2D eigenvalue weighted by atomic mass is 35.5. The van der Waals surface area contributed by atoms with Crippen molar-refractivity contribution in [1.82, 2.24) is 10.2 Å². The van der Waals surface area contributed by atoms with E-state index in [2.05, 4.69) is 21.9 Å². The zero-order chi connectivity index (χ0) is 21.6. The molecule has 30 heavy (non-hydrogen) atoms. The maximum atomic E-state index is 12.5. The van der Waals surface area contributed by atoms with Gasteiger partial charge >= 0.3 is 0 Å². The van der Waals surface area contributed by atoms with Crippen molar-refractivity contribution in [2.45, 2.75) is 31.1 Å². The molecule has 2 aromatic rings. The van der Waals surface area contributed by atoms with Gasteiger partial charge in [0, 0.05) is 22.8 Å². The average Bonchev–Trinajstić information content (AvgIpc) is 2.74. The van der Waals surface area contributed by atoms with E-state index in [1.807, 2.05) is 0 Å². The number of piperidine rings is 1. The summed E-state index contributed by atoms with van der Waals surface area (Å²) < 4.78 is 27.5. The van der Waals surface area contributed by atoms with Crippen LogP contribution in [-0.4, -0.2) is 45.4 Å². The van der Waals surface area contributed by atoms with Crippen LogP contribution in [0.5, 0.6) is 0 Å². The molecule has 1 aliphatic heterocycles. The van der Waals surface area contributed by atoms with Crippen molar-refractivity contribution in [2.24, 2.45) is 5.92 Å². The van der Waals surface area contributed by atoms with Crippen LogP contribution >= 0.6 is 11.6 Å². The number of rotatable bonds is 8. The number of likely N-dealkylation sites (tertiary alicyclic amines) is 1. The fourth-order valence-corrected chi connectivity index (χ4v) is 4.59. The number of halogens is 1. The van der Waals surface area contributed by atoms with Crippen LogP contribution in [0.1, 0.15) is 36.5 Å². The topological polar surface area (TPSA) is 78.5 Å². The maximum Gasteiger partial charge on any atom is 0.261 e. The SMILES string of the molecule is CC1CCN(CCCNC(=O)c2ccc(S(=O)(=O)Nc3ccc(Cl)cc3)cc2)CC1. The molecule has 8 heteroatoms. The Morgan fingerprint density at radius 3 is 2.33 bits per heavy atom. The van der Waals surface area contributed by atoms with Crippen molar-refractivity contribution in [3.63, 3.8) is 0 Å². The van der Waals surface area contributed by atoms with Gasteiger partial charge in [-0.15, -0.1) is 0 Å². The van der Waals surface area contributed by atoms with Gasteiger partial charge in [-0.05, 0) is 93.3 Å². The summed E-state index contributed by atoms with van der Waals surface area (Å²) >= 11 is 5.82. The lowest BCUT2D eigenvalue weighted by atomic mass is 9.99. The summed E-state index contributed by atoms with van der Waals surface area (Å²) in [6, 6.07) is 12.3.